The summed E-state index contributed by atoms with van der Waals surface area (Å²) in [6, 6.07) is 4.43. The van der Waals surface area contributed by atoms with Crippen molar-refractivity contribution >= 4 is 23.4 Å². The molecular formula is C13H16F3NOS. The van der Waals surface area contributed by atoms with Crippen molar-refractivity contribution in [3.8, 4) is 0 Å². The van der Waals surface area contributed by atoms with Crippen LogP contribution in [0.1, 0.15) is 19.4 Å². The van der Waals surface area contributed by atoms with Gasteiger partial charge < -0.3 is 5.32 Å². The first kappa shape index (κ1) is 15.9. The van der Waals surface area contributed by atoms with E-state index in [1.807, 2.05) is 0 Å². The van der Waals surface area contributed by atoms with Gasteiger partial charge in [-0.2, -0.15) is 24.9 Å². The highest BCUT2D eigenvalue weighted by molar-refractivity contribution is 7.99. The predicted octanol–water partition coefficient (Wildman–Crippen LogP) is 4.03. The molecule has 0 bridgehead atoms. The number of carbonyl (C=O) groups is 1. The number of benzene rings is 1. The van der Waals surface area contributed by atoms with E-state index in [0.29, 0.717) is 17.4 Å². The Bertz CT molecular complexity index is 415. The molecule has 1 aromatic carbocycles. The Morgan fingerprint density at radius 3 is 2.32 bits per heavy atom. The lowest BCUT2D eigenvalue weighted by Crippen LogP contribution is -2.15. The molecule has 1 rings (SSSR count). The Hall–Kier alpha value is -1.17. The molecule has 1 N–H and O–H groups in total. The standard InChI is InChI=1S/C13H16F3NOS/c1-9(2)7-19-8-12(18)17-11-5-3-10(4-6-11)13(14,15)16/h3-6,9H,7-8H2,1-2H3,(H,17,18). The third-order valence-electron chi connectivity index (χ3n) is 2.18. The van der Waals surface area contributed by atoms with E-state index in [1.54, 1.807) is 0 Å². The first-order chi connectivity index (χ1) is 8.79. The fraction of sp³-hybridized carbons (Fsp3) is 0.462. The average Bonchev–Trinajstić information content (AvgIpc) is 2.27. The molecule has 0 heterocycles. The van der Waals surface area contributed by atoms with Crippen LogP contribution in [-0.4, -0.2) is 17.4 Å². The van der Waals surface area contributed by atoms with Crippen LogP contribution in [0.4, 0.5) is 18.9 Å². The number of carbonyl (C=O) groups excluding carboxylic acids is 1. The van der Waals surface area contributed by atoms with Gasteiger partial charge in [-0.1, -0.05) is 13.8 Å². The van der Waals surface area contributed by atoms with Crippen molar-refractivity contribution in [1.82, 2.24) is 0 Å². The molecule has 0 atom stereocenters. The molecule has 0 aliphatic carbocycles. The minimum Gasteiger partial charge on any atom is -0.325 e. The van der Waals surface area contributed by atoms with Gasteiger partial charge in [0.25, 0.3) is 0 Å². The van der Waals surface area contributed by atoms with Gasteiger partial charge in [-0.15, -0.1) is 0 Å². The number of halogens is 3. The molecule has 6 heteroatoms. The largest absolute Gasteiger partial charge is 0.416 e. The van der Waals surface area contributed by atoms with Gasteiger partial charge in [0.2, 0.25) is 5.91 Å². The third-order valence-corrected chi connectivity index (χ3v) is 3.55. The highest BCUT2D eigenvalue weighted by Crippen LogP contribution is 2.29. The number of rotatable bonds is 5. The van der Waals surface area contributed by atoms with Crippen molar-refractivity contribution < 1.29 is 18.0 Å². The van der Waals surface area contributed by atoms with Gasteiger partial charge in [0.1, 0.15) is 0 Å². The number of amides is 1. The van der Waals surface area contributed by atoms with Crippen molar-refractivity contribution in [3.63, 3.8) is 0 Å². The van der Waals surface area contributed by atoms with Crippen LogP contribution in [0.25, 0.3) is 0 Å². The Balaban J connectivity index is 2.47. The van der Waals surface area contributed by atoms with Crippen molar-refractivity contribution in [3.05, 3.63) is 29.8 Å². The van der Waals surface area contributed by atoms with Crippen LogP contribution in [0.2, 0.25) is 0 Å². The van der Waals surface area contributed by atoms with E-state index in [-0.39, 0.29) is 5.91 Å². The third kappa shape index (κ3) is 6.00. The van der Waals surface area contributed by atoms with Crippen LogP contribution in [0, 0.1) is 5.92 Å². The van der Waals surface area contributed by atoms with Crippen molar-refractivity contribution in [2.24, 2.45) is 5.92 Å². The monoisotopic (exact) mass is 291 g/mol. The number of anilines is 1. The van der Waals surface area contributed by atoms with E-state index in [9.17, 15) is 18.0 Å². The van der Waals surface area contributed by atoms with Crippen molar-refractivity contribution in [2.75, 3.05) is 16.8 Å². The molecule has 0 aromatic heterocycles. The van der Waals surface area contributed by atoms with E-state index in [0.717, 1.165) is 17.9 Å². The highest BCUT2D eigenvalue weighted by Gasteiger charge is 2.29. The zero-order chi connectivity index (χ0) is 14.5. The number of hydrogen-bond donors (Lipinski definition) is 1. The molecule has 106 valence electrons. The Morgan fingerprint density at radius 1 is 1.26 bits per heavy atom. The van der Waals surface area contributed by atoms with Crippen LogP contribution in [0.5, 0.6) is 0 Å². The summed E-state index contributed by atoms with van der Waals surface area (Å²) in [4.78, 5) is 11.5. The lowest BCUT2D eigenvalue weighted by molar-refractivity contribution is -0.137. The van der Waals surface area contributed by atoms with E-state index in [4.69, 9.17) is 0 Å². The van der Waals surface area contributed by atoms with Crippen LogP contribution in [-0.2, 0) is 11.0 Å². The summed E-state index contributed by atoms with van der Waals surface area (Å²) >= 11 is 1.50. The fourth-order valence-corrected chi connectivity index (χ4v) is 2.17. The summed E-state index contributed by atoms with van der Waals surface area (Å²) in [5.41, 5.74) is -0.345. The van der Waals surface area contributed by atoms with Gasteiger partial charge in [0, 0.05) is 5.69 Å². The molecule has 2 nitrogen and oxygen atoms in total. The molecule has 1 aromatic rings. The first-order valence-corrected chi connectivity index (χ1v) is 6.99. The maximum absolute atomic E-state index is 12.3. The van der Waals surface area contributed by atoms with E-state index < -0.39 is 11.7 Å². The van der Waals surface area contributed by atoms with Crippen molar-refractivity contribution in [1.29, 1.82) is 0 Å². The second-order valence-electron chi connectivity index (χ2n) is 4.53. The second-order valence-corrected chi connectivity index (χ2v) is 5.56. The van der Waals surface area contributed by atoms with Crippen LogP contribution < -0.4 is 5.32 Å². The minimum atomic E-state index is -4.35. The van der Waals surface area contributed by atoms with E-state index >= 15 is 0 Å². The summed E-state index contributed by atoms with van der Waals surface area (Å²) in [5.74, 6) is 1.48. The topological polar surface area (TPSA) is 29.1 Å². The van der Waals surface area contributed by atoms with Gasteiger partial charge in [-0.3, -0.25) is 4.79 Å². The Morgan fingerprint density at radius 2 is 1.84 bits per heavy atom. The van der Waals surface area contributed by atoms with E-state index in [2.05, 4.69) is 19.2 Å². The number of hydrogen-bond acceptors (Lipinski definition) is 2. The zero-order valence-corrected chi connectivity index (χ0v) is 11.6. The smallest absolute Gasteiger partial charge is 0.325 e. The molecule has 0 aliphatic heterocycles. The van der Waals surface area contributed by atoms with Gasteiger partial charge in [0.05, 0.1) is 11.3 Å². The lowest BCUT2D eigenvalue weighted by atomic mass is 10.2. The molecule has 0 aliphatic rings. The summed E-state index contributed by atoms with van der Waals surface area (Å²) < 4.78 is 37.0. The number of alkyl halides is 3. The summed E-state index contributed by atoms with van der Waals surface area (Å²) in [6.45, 7) is 4.11. The molecule has 0 unspecified atom stereocenters. The quantitative estimate of drug-likeness (QED) is 0.887. The minimum absolute atomic E-state index is 0.203. The van der Waals surface area contributed by atoms with Crippen LogP contribution >= 0.6 is 11.8 Å². The number of thioether (sulfide) groups is 1. The van der Waals surface area contributed by atoms with Gasteiger partial charge in [-0.05, 0) is 35.9 Å². The molecule has 0 saturated heterocycles. The van der Waals surface area contributed by atoms with Crippen LogP contribution in [0.15, 0.2) is 24.3 Å². The Labute approximate surface area is 114 Å². The van der Waals surface area contributed by atoms with Crippen molar-refractivity contribution in [2.45, 2.75) is 20.0 Å². The fourth-order valence-electron chi connectivity index (χ4n) is 1.33. The van der Waals surface area contributed by atoms with Crippen LogP contribution in [0.3, 0.4) is 0 Å². The SMILES string of the molecule is CC(C)CSCC(=O)Nc1ccc(C(F)(F)F)cc1. The summed E-state index contributed by atoms with van der Waals surface area (Å²) in [5, 5.41) is 2.57. The normalized spacial score (nSPS) is 11.7. The molecule has 0 radical (unpaired) electrons. The van der Waals surface area contributed by atoms with E-state index in [1.165, 1.54) is 23.9 Å². The molecule has 1 amide bonds. The zero-order valence-electron chi connectivity index (χ0n) is 10.8. The maximum atomic E-state index is 12.3. The molecular weight excluding hydrogens is 275 g/mol. The molecule has 19 heavy (non-hydrogen) atoms. The average molecular weight is 291 g/mol. The molecule has 0 fully saturated rings. The summed E-state index contributed by atoms with van der Waals surface area (Å²) in [6.07, 6.45) is -4.35. The summed E-state index contributed by atoms with van der Waals surface area (Å²) in [7, 11) is 0. The second kappa shape index (κ2) is 6.84. The Kier molecular flexibility index (Phi) is 5.72. The first-order valence-electron chi connectivity index (χ1n) is 5.84. The number of nitrogens with one attached hydrogen (secondary N) is 1. The maximum Gasteiger partial charge on any atom is 0.416 e. The molecule has 0 saturated carbocycles. The highest BCUT2D eigenvalue weighted by atomic mass is 32.2. The van der Waals surface area contributed by atoms with Gasteiger partial charge in [0.15, 0.2) is 0 Å². The van der Waals surface area contributed by atoms with Gasteiger partial charge >= 0.3 is 6.18 Å². The molecule has 0 spiro atoms. The predicted molar refractivity (Wildman–Crippen MR) is 72.2 cm³/mol. The van der Waals surface area contributed by atoms with Gasteiger partial charge in [-0.25, -0.2) is 0 Å². The lowest BCUT2D eigenvalue weighted by Gasteiger charge is -2.09.